The molecule has 0 bridgehead atoms. The molecule has 2 heterocycles. The molecule has 0 saturated heterocycles. The molecule has 5 heteroatoms. The van der Waals surface area contributed by atoms with Crippen molar-refractivity contribution in [3.63, 3.8) is 0 Å². The van der Waals surface area contributed by atoms with Gasteiger partial charge in [0.1, 0.15) is 4.83 Å². The molecule has 0 amide bonds. The summed E-state index contributed by atoms with van der Waals surface area (Å²) in [5, 5.41) is 0.728. The first kappa shape index (κ1) is 13.5. The maximum atomic E-state index is 12.4. The summed E-state index contributed by atoms with van der Waals surface area (Å²) < 4.78 is 2.70. The Kier molecular flexibility index (Phi) is 3.72. The zero-order chi connectivity index (χ0) is 14.1. The molecule has 0 aliphatic heterocycles. The second kappa shape index (κ2) is 5.50. The van der Waals surface area contributed by atoms with Gasteiger partial charge in [-0.3, -0.25) is 9.36 Å². The molecule has 3 nitrogen and oxygen atoms in total. The normalized spacial score (nSPS) is 11.1. The first-order valence-corrected chi connectivity index (χ1v) is 8.00. The van der Waals surface area contributed by atoms with E-state index in [4.69, 9.17) is 0 Å². The third kappa shape index (κ3) is 2.55. The monoisotopic (exact) mass is 348 g/mol. The Morgan fingerprint density at radius 3 is 2.75 bits per heavy atom. The number of fused-ring (bicyclic) bond motifs is 1. The van der Waals surface area contributed by atoms with Crippen molar-refractivity contribution in [2.45, 2.75) is 19.9 Å². The van der Waals surface area contributed by atoms with E-state index in [0.29, 0.717) is 6.54 Å². The number of aryl methyl sites for hydroxylation is 1. The van der Waals surface area contributed by atoms with Gasteiger partial charge >= 0.3 is 0 Å². The largest absolute Gasteiger partial charge is 0.294 e. The van der Waals surface area contributed by atoms with Crippen LogP contribution in [0.4, 0.5) is 0 Å². The van der Waals surface area contributed by atoms with Crippen molar-refractivity contribution in [2.75, 3.05) is 0 Å². The number of hydrogen-bond donors (Lipinski definition) is 0. The highest BCUT2D eigenvalue weighted by molar-refractivity contribution is 9.10. The summed E-state index contributed by atoms with van der Waals surface area (Å²) in [4.78, 5) is 18.9. The maximum Gasteiger partial charge on any atom is 0.262 e. The van der Waals surface area contributed by atoms with Crippen LogP contribution < -0.4 is 5.56 Å². The third-order valence-electron chi connectivity index (χ3n) is 3.18. The van der Waals surface area contributed by atoms with Crippen LogP contribution in [0.3, 0.4) is 0 Å². The highest BCUT2D eigenvalue weighted by atomic mass is 79.9. The average Bonchev–Trinajstić information content (AvgIpc) is 2.88. The minimum Gasteiger partial charge on any atom is -0.294 e. The van der Waals surface area contributed by atoms with Crippen LogP contribution in [0, 0.1) is 0 Å². The molecule has 0 unspecified atom stereocenters. The second-order valence-electron chi connectivity index (χ2n) is 4.59. The minimum absolute atomic E-state index is 0.0360. The van der Waals surface area contributed by atoms with Gasteiger partial charge in [-0.15, -0.1) is 11.3 Å². The van der Waals surface area contributed by atoms with Crippen molar-refractivity contribution in [2.24, 2.45) is 0 Å². The molecule has 0 aliphatic carbocycles. The molecule has 3 rings (SSSR count). The minimum atomic E-state index is 0.0360. The summed E-state index contributed by atoms with van der Waals surface area (Å²) in [6.45, 7) is 2.64. The van der Waals surface area contributed by atoms with Gasteiger partial charge in [-0.05, 0) is 30.2 Å². The molecular weight excluding hydrogens is 336 g/mol. The highest BCUT2D eigenvalue weighted by Crippen LogP contribution is 2.21. The Labute approximate surface area is 129 Å². The Hall–Kier alpha value is -1.46. The van der Waals surface area contributed by atoms with Crippen LogP contribution in [0.15, 0.2) is 45.9 Å². The van der Waals surface area contributed by atoms with Crippen LogP contribution in [-0.4, -0.2) is 9.55 Å². The van der Waals surface area contributed by atoms with Gasteiger partial charge in [-0.2, -0.15) is 0 Å². The number of hydrogen-bond acceptors (Lipinski definition) is 3. The summed E-state index contributed by atoms with van der Waals surface area (Å²) in [5.41, 5.74) is 1.12. The van der Waals surface area contributed by atoms with E-state index < -0.39 is 0 Å². The van der Waals surface area contributed by atoms with E-state index in [1.54, 1.807) is 22.2 Å². The molecule has 0 fully saturated rings. The lowest BCUT2D eigenvalue weighted by Crippen LogP contribution is -2.20. The van der Waals surface area contributed by atoms with Gasteiger partial charge in [0.2, 0.25) is 0 Å². The average molecular weight is 349 g/mol. The van der Waals surface area contributed by atoms with Crippen molar-refractivity contribution in [3.05, 3.63) is 61.9 Å². The van der Waals surface area contributed by atoms with E-state index in [1.165, 1.54) is 4.88 Å². The van der Waals surface area contributed by atoms with E-state index in [1.807, 2.05) is 30.3 Å². The van der Waals surface area contributed by atoms with Crippen LogP contribution in [0.5, 0.6) is 0 Å². The van der Waals surface area contributed by atoms with Gasteiger partial charge in [-0.25, -0.2) is 4.98 Å². The smallest absolute Gasteiger partial charge is 0.262 e. The topological polar surface area (TPSA) is 34.9 Å². The van der Waals surface area contributed by atoms with Crippen molar-refractivity contribution in [1.82, 2.24) is 9.55 Å². The number of nitrogens with zero attached hydrogens (tertiary/aromatic N) is 2. The molecule has 0 spiro atoms. The first-order chi connectivity index (χ1) is 9.67. The van der Waals surface area contributed by atoms with Crippen LogP contribution in [0.25, 0.3) is 10.2 Å². The van der Waals surface area contributed by atoms with Crippen molar-refractivity contribution < 1.29 is 0 Å². The molecule has 20 heavy (non-hydrogen) atoms. The molecule has 0 aliphatic rings. The molecule has 1 aromatic carbocycles. The van der Waals surface area contributed by atoms with E-state index in [0.717, 1.165) is 26.7 Å². The SMILES string of the molecule is CCc1cc2c(=O)n(Cc3ccc(Br)cc3)cnc2s1. The standard InChI is InChI=1S/C15H13BrN2OS/c1-2-12-7-13-14(20-12)17-9-18(15(13)19)8-10-3-5-11(16)6-4-10/h3-7,9H,2,8H2,1H3. The highest BCUT2D eigenvalue weighted by Gasteiger charge is 2.08. The molecule has 2 aromatic heterocycles. The summed E-state index contributed by atoms with van der Waals surface area (Å²) in [6.07, 6.45) is 2.58. The fourth-order valence-corrected chi connectivity index (χ4v) is 3.27. The fraction of sp³-hybridized carbons (Fsp3) is 0.200. The fourth-order valence-electron chi connectivity index (χ4n) is 2.08. The molecule has 0 N–H and O–H groups in total. The second-order valence-corrected chi connectivity index (χ2v) is 6.62. The zero-order valence-electron chi connectivity index (χ0n) is 11.0. The van der Waals surface area contributed by atoms with Gasteiger partial charge in [-0.1, -0.05) is 35.0 Å². The van der Waals surface area contributed by atoms with Gasteiger partial charge in [0, 0.05) is 9.35 Å². The van der Waals surface area contributed by atoms with Gasteiger partial charge < -0.3 is 0 Å². The van der Waals surface area contributed by atoms with E-state index in [9.17, 15) is 4.79 Å². The lowest BCUT2D eigenvalue weighted by molar-refractivity contribution is 0.749. The molecule has 0 atom stereocenters. The predicted molar refractivity (Wildman–Crippen MR) is 86.5 cm³/mol. The van der Waals surface area contributed by atoms with Crippen LogP contribution in [0.1, 0.15) is 17.4 Å². The predicted octanol–water partition coefficient (Wildman–Crippen LogP) is 3.83. The molecule has 3 aromatic rings. The van der Waals surface area contributed by atoms with Crippen molar-refractivity contribution >= 4 is 37.5 Å². The van der Waals surface area contributed by atoms with Crippen molar-refractivity contribution in [3.8, 4) is 0 Å². The van der Waals surface area contributed by atoms with Crippen molar-refractivity contribution in [1.29, 1.82) is 0 Å². The Morgan fingerprint density at radius 2 is 2.05 bits per heavy atom. The first-order valence-electron chi connectivity index (χ1n) is 6.39. The third-order valence-corrected chi connectivity index (χ3v) is 4.90. The summed E-state index contributed by atoms with van der Waals surface area (Å²) >= 11 is 5.01. The number of thiophene rings is 1. The van der Waals surface area contributed by atoms with Gasteiger partial charge in [0.15, 0.2) is 0 Å². The summed E-state index contributed by atoms with van der Waals surface area (Å²) in [5.74, 6) is 0. The van der Waals surface area contributed by atoms with Crippen LogP contribution in [0.2, 0.25) is 0 Å². The Bertz CT molecular complexity index is 805. The van der Waals surface area contributed by atoms with E-state index >= 15 is 0 Å². The van der Waals surface area contributed by atoms with Crippen LogP contribution >= 0.6 is 27.3 Å². The van der Waals surface area contributed by atoms with Gasteiger partial charge in [0.05, 0.1) is 18.3 Å². The summed E-state index contributed by atoms with van der Waals surface area (Å²) in [7, 11) is 0. The van der Waals surface area contributed by atoms with Crippen LogP contribution in [-0.2, 0) is 13.0 Å². The lowest BCUT2D eigenvalue weighted by Gasteiger charge is -2.05. The zero-order valence-corrected chi connectivity index (χ0v) is 13.4. The molecule has 0 radical (unpaired) electrons. The maximum absolute atomic E-state index is 12.4. The lowest BCUT2D eigenvalue weighted by atomic mass is 10.2. The molecular formula is C15H13BrN2OS. The molecule has 102 valence electrons. The van der Waals surface area contributed by atoms with Gasteiger partial charge in [0.25, 0.3) is 5.56 Å². The quantitative estimate of drug-likeness (QED) is 0.720. The Balaban J connectivity index is 2.01. The van der Waals surface area contributed by atoms with E-state index in [2.05, 4.69) is 27.8 Å². The number of benzene rings is 1. The number of halogens is 1. The van der Waals surface area contributed by atoms with E-state index in [-0.39, 0.29) is 5.56 Å². The Morgan fingerprint density at radius 1 is 1.30 bits per heavy atom. The number of rotatable bonds is 3. The molecule has 0 saturated carbocycles. The number of aromatic nitrogens is 2. The summed E-state index contributed by atoms with van der Waals surface area (Å²) in [6, 6.07) is 9.93.